The molecule has 4 nitrogen and oxygen atoms in total. The maximum absolute atomic E-state index is 11.6. The van der Waals surface area contributed by atoms with Gasteiger partial charge >= 0.3 is 0 Å². The van der Waals surface area contributed by atoms with Crippen LogP contribution in [0.4, 0.5) is 0 Å². The predicted octanol–water partition coefficient (Wildman–Crippen LogP) is 0.838. The fourth-order valence-corrected chi connectivity index (χ4v) is 1.36. The van der Waals surface area contributed by atoms with Crippen LogP contribution in [0, 0.1) is 0 Å². The van der Waals surface area contributed by atoms with E-state index < -0.39 is 6.10 Å². The van der Waals surface area contributed by atoms with Gasteiger partial charge in [0, 0.05) is 13.7 Å². The first kappa shape index (κ1) is 12.7. The van der Waals surface area contributed by atoms with Gasteiger partial charge in [-0.3, -0.25) is 4.79 Å². The molecule has 0 heterocycles. The fourth-order valence-electron chi connectivity index (χ4n) is 1.36. The molecule has 1 aromatic rings. The second kappa shape index (κ2) is 6.25. The van der Waals surface area contributed by atoms with Gasteiger partial charge in [0.25, 0.3) is 0 Å². The van der Waals surface area contributed by atoms with Crippen molar-refractivity contribution in [1.82, 2.24) is 5.32 Å². The number of hydrogen-bond donors (Lipinski definition) is 2. The Morgan fingerprint density at radius 2 is 2.06 bits per heavy atom. The Hall–Kier alpha value is -1.39. The Kier molecular flexibility index (Phi) is 4.95. The first-order valence-corrected chi connectivity index (χ1v) is 5.27. The van der Waals surface area contributed by atoms with Crippen LogP contribution in [0.25, 0.3) is 0 Å². The van der Waals surface area contributed by atoms with E-state index in [9.17, 15) is 4.79 Å². The average Bonchev–Trinajstić information content (AvgIpc) is 2.35. The van der Waals surface area contributed by atoms with Gasteiger partial charge in [0.2, 0.25) is 5.91 Å². The SMILES string of the molecule is COC(C)C(=O)NC(CN)c1ccccc1. The van der Waals surface area contributed by atoms with Crippen LogP contribution in [-0.4, -0.2) is 25.7 Å². The number of nitrogens with one attached hydrogen (secondary N) is 1. The van der Waals surface area contributed by atoms with Crippen LogP contribution in [0.5, 0.6) is 0 Å². The maximum Gasteiger partial charge on any atom is 0.249 e. The highest BCUT2D eigenvalue weighted by Gasteiger charge is 2.17. The smallest absolute Gasteiger partial charge is 0.249 e. The third kappa shape index (κ3) is 3.32. The van der Waals surface area contributed by atoms with E-state index in [1.54, 1.807) is 6.92 Å². The number of methoxy groups -OCH3 is 1. The van der Waals surface area contributed by atoms with E-state index in [1.165, 1.54) is 7.11 Å². The molecule has 0 aromatic heterocycles. The first-order chi connectivity index (χ1) is 7.69. The van der Waals surface area contributed by atoms with Gasteiger partial charge in [-0.25, -0.2) is 0 Å². The van der Waals surface area contributed by atoms with Gasteiger partial charge in [-0.1, -0.05) is 30.3 Å². The number of nitrogens with two attached hydrogens (primary N) is 1. The van der Waals surface area contributed by atoms with Crippen molar-refractivity contribution >= 4 is 5.91 Å². The van der Waals surface area contributed by atoms with Gasteiger partial charge in [-0.15, -0.1) is 0 Å². The summed E-state index contributed by atoms with van der Waals surface area (Å²) in [6.45, 7) is 2.07. The number of amides is 1. The van der Waals surface area contributed by atoms with Gasteiger partial charge in [0.1, 0.15) is 6.10 Å². The molecule has 1 amide bonds. The highest BCUT2D eigenvalue weighted by atomic mass is 16.5. The Balaban J connectivity index is 2.66. The summed E-state index contributed by atoms with van der Waals surface area (Å²) >= 11 is 0. The summed E-state index contributed by atoms with van der Waals surface area (Å²) in [5.41, 5.74) is 6.64. The molecule has 3 N–H and O–H groups in total. The Morgan fingerprint density at radius 1 is 1.44 bits per heavy atom. The average molecular weight is 222 g/mol. The molecule has 0 saturated heterocycles. The third-order valence-corrected chi connectivity index (χ3v) is 2.48. The van der Waals surface area contributed by atoms with Crippen LogP contribution in [0.15, 0.2) is 30.3 Å². The predicted molar refractivity (Wildman–Crippen MR) is 62.9 cm³/mol. The zero-order valence-electron chi connectivity index (χ0n) is 9.64. The number of carbonyl (C=O) groups is 1. The van der Waals surface area contributed by atoms with Gasteiger partial charge in [-0.05, 0) is 12.5 Å². The minimum absolute atomic E-state index is 0.151. The van der Waals surface area contributed by atoms with Crippen LogP contribution in [0.3, 0.4) is 0 Å². The van der Waals surface area contributed by atoms with Crippen molar-refractivity contribution in [3.63, 3.8) is 0 Å². The molecule has 4 heteroatoms. The van der Waals surface area contributed by atoms with Crippen LogP contribution in [0.1, 0.15) is 18.5 Å². The van der Waals surface area contributed by atoms with Crippen LogP contribution < -0.4 is 11.1 Å². The molecule has 0 bridgehead atoms. The molecule has 0 radical (unpaired) electrons. The molecule has 0 spiro atoms. The zero-order chi connectivity index (χ0) is 12.0. The van der Waals surface area contributed by atoms with E-state index in [4.69, 9.17) is 10.5 Å². The van der Waals surface area contributed by atoms with Gasteiger partial charge in [0.15, 0.2) is 0 Å². The lowest BCUT2D eigenvalue weighted by atomic mass is 10.1. The van der Waals surface area contributed by atoms with Crippen molar-refractivity contribution in [2.45, 2.75) is 19.1 Å². The summed E-state index contributed by atoms with van der Waals surface area (Å²) in [4.78, 5) is 11.6. The Labute approximate surface area is 95.8 Å². The summed E-state index contributed by atoms with van der Waals surface area (Å²) in [5.74, 6) is -0.151. The Morgan fingerprint density at radius 3 is 2.56 bits per heavy atom. The molecule has 2 unspecified atom stereocenters. The van der Waals surface area contributed by atoms with Gasteiger partial charge in [0.05, 0.1) is 6.04 Å². The second-order valence-electron chi connectivity index (χ2n) is 3.59. The van der Waals surface area contributed by atoms with E-state index >= 15 is 0 Å². The molecule has 0 aliphatic heterocycles. The molecule has 88 valence electrons. The molecule has 0 saturated carbocycles. The quantitative estimate of drug-likeness (QED) is 0.776. The van der Waals surface area contributed by atoms with Crippen LogP contribution in [0.2, 0.25) is 0 Å². The lowest BCUT2D eigenvalue weighted by Gasteiger charge is -2.19. The number of benzene rings is 1. The summed E-state index contributed by atoms with van der Waals surface area (Å²) in [5, 5.41) is 2.84. The number of carbonyl (C=O) groups excluding carboxylic acids is 1. The van der Waals surface area contributed by atoms with Crippen LogP contribution >= 0.6 is 0 Å². The van der Waals surface area contributed by atoms with E-state index in [0.29, 0.717) is 6.54 Å². The van der Waals surface area contributed by atoms with E-state index in [-0.39, 0.29) is 11.9 Å². The van der Waals surface area contributed by atoms with Crippen molar-refractivity contribution in [1.29, 1.82) is 0 Å². The van der Waals surface area contributed by atoms with E-state index in [1.807, 2.05) is 30.3 Å². The zero-order valence-corrected chi connectivity index (χ0v) is 9.64. The summed E-state index contributed by atoms with van der Waals surface area (Å²) < 4.78 is 4.94. The molecular weight excluding hydrogens is 204 g/mol. The van der Waals surface area contributed by atoms with Crippen molar-refractivity contribution in [3.8, 4) is 0 Å². The minimum Gasteiger partial charge on any atom is -0.372 e. The van der Waals surface area contributed by atoms with E-state index in [0.717, 1.165) is 5.56 Å². The van der Waals surface area contributed by atoms with E-state index in [2.05, 4.69) is 5.32 Å². The maximum atomic E-state index is 11.6. The van der Waals surface area contributed by atoms with Crippen LogP contribution in [-0.2, 0) is 9.53 Å². The summed E-state index contributed by atoms with van der Waals surface area (Å²) in [7, 11) is 1.50. The molecule has 2 atom stereocenters. The number of ether oxygens (including phenoxy) is 1. The topological polar surface area (TPSA) is 64.3 Å². The van der Waals surface area contributed by atoms with Crippen molar-refractivity contribution in [2.75, 3.05) is 13.7 Å². The summed E-state index contributed by atoms with van der Waals surface area (Å²) in [6, 6.07) is 9.49. The molecule has 0 aliphatic carbocycles. The third-order valence-electron chi connectivity index (χ3n) is 2.48. The monoisotopic (exact) mass is 222 g/mol. The highest BCUT2D eigenvalue weighted by Crippen LogP contribution is 2.11. The molecule has 16 heavy (non-hydrogen) atoms. The largest absolute Gasteiger partial charge is 0.372 e. The normalized spacial score (nSPS) is 14.2. The first-order valence-electron chi connectivity index (χ1n) is 5.27. The molecule has 0 fully saturated rings. The van der Waals surface area contributed by atoms with Gasteiger partial charge in [-0.2, -0.15) is 0 Å². The molecular formula is C12H18N2O2. The number of rotatable bonds is 5. The molecule has 0 aliphatic rings. The molecule has 1 aromatic carbocycles. The van der Waals surface area contributed by atoms with Crippen molar-refractivity contribution < 1.29 is 9.53 Å². The fraction of sp³-hybridized carbons (Fsp3) is 0.417. The van der Waals surface area contributed by atoms with Crippen molar-refractivity contribution in [2.24, 2.45) is 5.73 Å². The second-order valence-corrected chi connectivity index (χ2v) is 3.59. The van der Waals surface area contributed by atoms with Gasteiger partial charge < -0.3 is 15.8 Å². The minimum atomic E-state index is -0.460. The standard InChI is InChI=1S/C12H18N2O2/c1-9(16-2)12(15)14-11(8-13)10-6-4-3-5-7-10/h3-7,9,11H,8,13H2,1-2H3,(H,14,15). The lowest BCUT2D eigenvalue weighted by Crippen LogP contribution is -2.39. The van der Waals surface area contributed by atoms with Crippen molar-refractivity contribution in [3.05, 3.63) is 35.9 Å². The Bertz CT molecular complexity index is 327. The lowest BCUT2D eigenvalue weighted by molar-refractivity contribution is -0.130. The highest BCUT2D eigenvalue weighted by molar-refractivity contribution is 5.80. The molecule has 1 rings (SSSR count). The summed E-state index contributed by atoms with van der Waals surface area (Å²) in [6.07, 6.45) is -0.460. The number of hydrogen-bond acceptors (Lipinski definition) is 3.